The summed E-state index contributed by atoms with van der Waals surface area (Å²) >= 11 is 0. The Labute approximate surface area is 128 Å². The molecule has 1 N–H and O–H groups in total. The van der Waals surface area contributed by atoms with Gasteiger partial charge in [0.05, 0.1) is 6.54 Å². The first-order valence-corrected chi connectivity index (χ1v) is 7.20. The largest absolute Gasteiger partial charge is 0.376 e. The lowest BCUT2D eigenvalue weighted by atomic mass is 9.78. The Bertz CT molecular complexity index is 414. The van der Waals surface area contributed by atoms with Crippen LogP contribution < -0.4 is 5.32 Å². The number of likely N-dealkylation sites (tertiary alicyclic amines) is 1. The molecule has 1 aromatic rings. The molecule has 3 nitrogen and oxygen atoms in total. The highest BCUT2D eigenvalue weighted by Gasteiger charge is 2.29. The highest BCUT2D eigenvalue weighted by atomic mass is 35.5. The zero-order valence-electron chi connectivity index (χ0n) is 12.4. The van der Waals surface area contributed by atoms with Gasteiger partial charge in [-0.2, -0.15) is 0 Å². The molecule has 1 aliphatic rings. The number of anilines is 1. The summed E-state index contributed by atoms with van der Waals surface area (Å²) in [6.45, 7) is 6.78. The minimum Gasteiger partial charge on any atom is -0.376 e. The van der Waals surface area contributed by atoms with Gasteiger partial charge in [-0.25, -0.2) is 0 Å². The van der Waals surface area contributed by atoms with Gasteiger partial charge in [0.1, 0.15) is 0 Å². The fourth-order valence-electron chi connectivity index (χ4n) is 2.49. The normalized spacial score (nSPS) is 17.2. The third-order valence-corrected chi connectivity index (χ3v) is 4.39. The second-order valence-electron chi connectivity index (χ2n) is 5.76. The number of benzene rings is 1. The van der Waals surface area contributed by atoms with E-state index in [0.717, 1.165) is 31.6 Å². The molecule has 20 heavy (non-hydrogen) atoms. The maximum atomic E-state index is 12.1. The minimum absolute atomic E-state index is 0. The molecular weight excluding hydrogens is 272 g/mol. The van der Waals surface area contributed by atoms with Gasteiger partial charge in [0.25, 0.3) is 0 Å². The Morgan fingerprint density at radius 3 is 2.40 bits per heavy atom. The molecule has 1 heterocycles. The van der Waals surface area contributed by atoms with Crippen LogP contribution in [0.4, 0.5) is 5.69 Å². The summed E-state index contributed by atoms with van der Waals surface area (Å²) in [7, 11) is 0. The highest BCUT2D eigenvalue weighted by molar-refractivity contribution is 5.85. The van der Waals surface area contributed by atoms with Crippen molar-refractivity contribution in [3.05, 3.63) is 30.3 Å². The lowest BCUT2D eigenvalue weighted by molar-refractivity contribution is -0.131. The van der Waals surface area contributed by atoms with E-state index in [4.69, 9.17) is 0 Å². The van der Waals surface area contributed by atoms with Crippen molar-refractivity contribution in [3.63, 3.8) is 0 Å². The van der Waals surface area contributed by atoms with Crippen molar-refractivity contribution in [2.24, 2.45) is 5.41 Å². The van der Waals surface area contributed by atoms with Crippen molar-refractivity contribution in [1.82, 2.24) is 4.90 Å². The van der Waals surface area contributed by atoms with Crippen LogP contribution in [0, 0.1) is 5.41 Å². The highest BCUT2D eigenvalue weighted by Crippen LogP contribution is 2.33. The maximum absolute atomic E-state index is 12.1. The van der Waals surface area contributed by atoms with Gasteiger partial charge in [-0.3, -0.25) is 4.79 Å². The van der Waals surface area contributed by atoms with Crippen molar-refractivity contribution >= 4 is 24.0 Å². The van der Waals surface area contributed by atoms with Gasteiger partial charge in [0.2, 0.25) is 5.91 Å². The summed E-state index contributed by atoms with van der Waals surface area (Å²) in [4.78, 5) is 14.1. The molecule has 1 aromatic carbocycles. The molecule has 2 rings (SSSR count). The Kier molecular flexibility index (Phi) is 6.34. The Balaban J connectivity index is 0.00000200. The molecule has 4 heteroatoms. The molecule has 0 aromatic heterocycles. The van der Waals surface area contributed by atoms with Crippen molar-refractivity contribution in [3.8, 4) is 0 Å². The number of hydrogen-bond donors (Lipinski definition) is 1. The van der Waals surface area contributed by atoms with E-state index in [1.807, 2.05) is 35.2 Å². The van der Waals surface area contributed by atoms with Crippen molar-refractivity contribution in [2.75, 3.05) is 25.0 Å². The van der Waals surface area contributed by atoms with Crippen LogP contribution in [0.15, 0.2) is 30.3 Å². The molecular formula is C16H25ClN2O. The van der Waals surface area contributed by atoms with E-state index in [-0.39, 0.29) is 18.3 Å². The summed E-state index contributed by atoms with van der Waals surface area (Å²) in [5, 5.41) is 3.19. The van der Waals surface area contributed by atoms with Gasteiger partial charge in [-0.15, -0.1) is 12.4 Å². The smallest absolute Gasteiger partial charge is 0.241 e. The van der Waals surface area contributed by atoms with Gasteiger partial charge in [-0.05, 0) is 30.4 Å². The zero-order chi connectivity index (χ0) is 13.7. The number of hydrogen-bond acceptors (Lipinski definition) is 2. The molecule has 0 radical (unpaired) electrons. The average molecular weight is 297 g/mol. The standard InChI is InChI=1S/C16H24N2O.ClH/c1-3-16(2)9-11-18(12-10-16)15(19)13-17-14-7-5-4-6-8-14;/h4-8,17H,3,9-13H2,1-2H3;1H. The lowest BCUT2D eigenvalue weighted by Gasteiger charge is -2.39. The number of amides is 1. The van der Waals surface area contributed by atoms with E-state index in [1.165, 1.54) is 6.42 Å². The first kappa shape index (κ1) is 16.8. The third-order valence-electron chi connectivity index (χ3n) is 4.39. The van der Waals surface area contributed by atoms with Gasteiger partial charge in [-0.1, -0.05) is 38.5 Å². The van der Waals surface area contributed by atoms with Crippen LogP contribution in [0.3, 0.4) is 0 Å². The van der Waals surface area contributed by atoms with Crippen molar-refractivity contribution in [1.29, 1.82) is 0 Å². The van der Waals surface area contributed by atoms with Crippen LogP contribution in [0.1, 0.15) is 33.1 Å². The van der Waals surface area contributed by atoms with Gasteiger partial charge >= 0.3 is 0 Å². The van der Waals surface area contributed by atoms with E-state index in [0.29, 0.717) is 12.0 Å². The Morgan fingerprint density at radius 1 is 1.25 bits per heavy atom. The molecule has 0 saturated carbocycles. The summed E-state index contributed by atoms with van der Waals surface area (Å²) in [6.07, 6.45) is 3.46. The SMILES string of the molecule is CCC1(C)CCN(C(=O)CNc2ccccc2)CC1.Cl. The monoisotopic (exact) mass is 296 g/mol. The summed E-state index contributed by atoms with van der Waals surface area (Å²) in [5.74, 6) is 0.210. The topological polar surface area (TPSA) is 32.3 Å². The van der Waals surface area contributed by atoms with E-state index in [1.54, 1.807) is 0 Å². The van der Waals surface area contributed by atoms with Gasteiger partial charge < -0.3 is 10.2 Å². The number of rotatable bonds is 4. The second kappa shape index (κ2) is 7.53. The summed E-state index contributed by atoms with van der Waals surface area (Å²) < 4.78 is 0. The quantitative estimate of drug-likeness (QED) is 0.921. The number of carbonyl (C=O) groups excluding carboxylic acids is 1. The number of nitrogens with zero attached hydrogens (tertiary/aromatic N) is 1. The van der Waals surface area contributed by atoms with Crippen LogP contribution in [-0.2, 0) is 4.79 Å². The lowest BCUT2D eigenvalue weighted by Crippen LogP contribution is -2.44. The van der Waals surface area contributed by atoms with Gasteiger partial charge in [0, 0.05) is 18.8 Å². The van der Waals surface area contributed by atoms with Crippen LogP contribution >= 0.6 is 12.4 Å². The molecule has 1 aliphatic heterocycles. The predicted molar refractivity (Wildman–Crippen MR) is 86.4 cm³/mol. The van der Waals surface area contributed by atoms with E-state index >= 15 is 0 Å². The van der Waals surface area contributed by atoms with Crippen molar-refractivity contribution in [2.45, 2.75) is 33.1 Å². The molecule has 112 valence electrons. The fraction of sp³-hybridized carbons (Fsp3) is 0.562. The van der Waals surface area contributed by atoms with Crippen molar-refractivity contribution < 1.29 is 4.79 Å². The summed E-state index contributed by atoms with van der Waals surface area (Å²) in [5.41, 5.74) is 1.44. The molecule has 0 spiro atoms. The molecule has 0 unspecified atom stereocenters. The zero-order valence-corrected chi connectivity index (χ0v) is 13.2. The molecule has 1 saturated heterocycles. The Morgan fingerprint density at radius 2 is 1.85 bits per heavy atom. The van der Waals surface area contributed by atoms with E-state index in [9.17, 15) is 4.79 Å². The van der Waals surface area contributed by atoms with Gasteiger partial charge in [0.15, 0.2) is 0 Å². The number of piperidine rings is 1. The van der Waals surface area contributed by atoms with E-state index in [2.05, 4.69) is 19.2 Å². The number of carbonyl (C=O) groups is 1. The van der Waals surface area contributed by atoms with Crippen LogP contribution in [0.5, 0.6) is 0 Å². The van der Waals surface area contributed by atoms with Crippen LogP contribution in [0.25, 0.3) is 0 Å². The molecule has 1 fully saturated rings. The number of para-hydroxylation sites is 1. The molecule has 0 aliphatic carbocycles. The minimum atomic E-state index is 0. The summed E-state index contributed by atoms with van der Waals surface area (Å²) in [6, 6.07) is 9.89. The first-order valence-electron chi connectivity index (χ1n) is 7.20. The third kappa shape index (κ3) is 4.41. The molecule has 0 atom stereocenters. The molecule has 1 amide bonds. The maximum Gasteiger partial charge on any atom is 0.241 e. The molecule has 0 bridgehead atoms. The first-order chi connectivity index (χ1) is 9.13. The van der Waals surface area contributed by atoms with Crippen LogP contribution in [0.2, 0.25) is 0 Å². The number of halogens is 1. The average Bonchev–Trinajstić information content (AvgIpc) is 2.47. The Hall–Kier alpha value is -1.22. The number of nitrogens with one attached hydrogen (secondary N) is 1. The van der Waals surface area contributed by atoms with E-state index < -0.39 is 0 Å². The predicted octanol–water partition coefficient (Wildman–Crippen LogP) is 3.56. The second-order valence-corrected chi connectivity index (χ2v) is 5.76. The fourth-order valence-corrected chi connectivity index (χ4v) is 2.49. The van der Waals surface area contributed by atoms with Crippen LogP contribution in [-0.4, -0.2) is 30.4 Å².